The van der Waals surface area contributed by atoms with Crippen LogP contribution in [0.2, 0.25) is 0 Å². The fourth-order valence-electron chi connectivity index (χ4n) is 1.94. The number of aromatic nitrogens is 2. The summed E-state index contributed by atoms with van der Waals surface area (Å²) < 4.78 is 33.4. The smallest absolute Gasteiger partial charge is 0.356 e. The predicted octanol–water partition coefficient (Wildman–Crippen LogP) is 1.71. The third-order valence-corrected chi connectivity index (χ3v) is 4.27. The summed E-state index contributed by atoms with van der Waals surface area (Å²) >= 11 is 0. The lowest BCUT2D eigenvalue weighted by Crippen LogP contribution is -2.16. The van der Waals surface area contributed by atoms with E-state index in [0.717, 1.165) is 10.9 Å². The highest BCUT2D eigenvalue weighted by Crippen LogP contribution is 2.22. The number of anilines is 1. The van der Waals surface area contributed by atoms with Crippen LogP contribution >= 0.6 is 0 Å². The third-order valence-electron chi connectivity index (χ3n) is 2.89. The number of benzene rings is 1. The number of hydrogen-bond donors (Lipinski definition) is 2. The van der Waals surface area contributed by atoms with E-state index in [1.165, 1.54) is 31.3 Å². The Bertz CT molecular complexity index is 809. The molecule has 0 aliphatic rings. The van der Waals surface area contributed by atoms with Crippen LogP contribution in [0.5, 0.6) is 5.75 Å². The fraction of sp³-hybridized carbons (Fsp3) is 0.286. The molecule has 1 aromatic heterocycles. The number of carboxylic acids is 1. The van der Waals surface area contributed by atoms with Crippen molar-refractivity contribution in [3.05, 3.63) is 36.2 Å². The molecule has 0 aliphatic carbocycles. The lowest BCUT2D eigenvalue weighted by molar-refractivity contribution is 0.0686. The summed E-state index contributed by atoms with van der Waals surface area (Å²) in [7, 11) is -2.51. The average molecular weight is 339 g/mol. The van der Waals surface area contributed by atoms with Gasteiger partial charge in [-0.25, -0.2) is 13.2 Å². The molecule has 23 heavy (non-hydrogen) atoms. The first-order valence-electron chi connectivity index (χ1n) is 6.75. The van der Waals surface area contributed by atoms with Crippen molar-refractivity contribution >= 4 is 21.7 Å². The number of nitrogens with zero attached hydrogens (tertiary/aromatic N) is 2. The molecule has 2 aromatic rings. The molecule has 124 valence electrons. The lowest BCUT2D eigenvalue weighted by atomic mass is 10.3. The predicted molar refractivity (Wildman–Crippen MR) is 83.2 cm³/mol. The molecule has 0 bridgehead atoms. The lowest BCUT2D eigenvalue weighted by Gasteiger charge is -2.11. The molecule has 0 atom stereocenters. The van der Waals surface area contributed by atoms with Crippen LogP contribution in [0.3, 0.4) is 0 Å². The van der Waals surface area contributed by atoms with E-state index >= 15 is 0 Å². The Balaban J connectivity index is 2.27. The van der Waals surface area contributed by atoms with Crippen molar-refractivity contribution in [2.24, 2.45) is 7.05 Å². The Morgan fingerprint density at radius 2 is 1.91 bits per heavy atom. The molecule has 1 aromatic carbocycles. The summed E-state index contributed by atoms with van der Waals surface area (Å²) in [5, 5.41) is 12.9. The van der Waals surface area contributed by atoms with Crippen molar-refractivity contribution in [3.63, 3.8) is 0 Å². The average Bonchev–Trinajstić information content (AvgIpc) is 2.79. The second kappa shape index (κ2) is 6.29. The molecule has 0 radical (unpaired) electrons. The topological polar surface area (TPSA) is 111 Å². The van der Waals surface area contributed by atoms with Gasteiger partial charge < -0.3 is 9.84 Å². The number of aryl methyl sites for hydroxylation is 1. The van der Waals surface area contributed by atoms with Gasteiger partial charge >= 0.3 is 5.97 Å². The zero-order valence-corrected chi connectivity index (χ0v) is 13.7. The van der Waals surface area contributed by atoms with Crippen LogP contribution in [0.1, 0.15) is 24.3 Å². The molecular formula is C14H17N3O5S. The van der Waals surface area contributed by atoms with Crippen molar-refractivity contribution in [2.45, 2.75) is 24.8 Å². The van der Waals surface area contributed by atoms with Gasteiger partial charge in [-0.05, 0) is 38.1 Å². The van der Waals surface area contributed by atoms with Gasteiger partial charge in [0.2, 0.25) is 0 Å². The van der Waals surface area contributed by atoms with E-state index in [-0.39, 0.29) is 22.4 Å². The summed E-state index contributed by atoms with van der Waals surface area (Å²) in [5.74, 6) is -0.727. The maximum Gasteiger partial charge on any atom is 0.356 e. The van der Waals surface area contributed by atoms with Gasteiger partial charge in [-0.1, -0.05) is 0 Å². The van der Waals surface area contributed by atoms with E-state index in [2.05, 4.69) is 9.82 Å². The first-order chi connectivity index (χ1) is 10.7. The quantitative estimate of drug-likeness (QED) is 0.829. The van der Waals surface area contributed by atoms with Crippen LogP contribution in [-0.2, 0) is 17.1 Å². The van der Waals surface area contributed by atoms with E-state index in [1.54, 1.807) is 0 Å². The van der Waals surface area contributed by atoms with Gasteiger partial charge in [0.05, 0.1) is 17.2 Å². The summed E-state index contributed by atoms with van der Waals surface area (Å²) in [5.41, 5.74) is -0.337. The van der Waals surface area contributed by atoms with Gasteiger partial charge in [0.25, 0.3) is 10.0 Å². The van der Waals surface area contributed by atoms with E-state index in [4.69, 9.17) is 9.84 Å². The summed E-state index contributed by atoms with van der Waals surface area (Å²) in [6.07, 6.45) is 1.13. The minimum atomic E-state index is -3.92. The van der Waals surface area contributed by atoms with Crippen molar-refractivity contribution in [1.29, 1.82) is 0 Å². The Morgan fingerprint density at radius 1 is 1.30 bits per heavy atom. The Kier molecular flexibility index (Phi) is 4.60. The zero-order chi connectivity index (χ0) is 17.2. The van der Waals surface area contributed by atoms with Crippen molar-refractivity contribution < 1.29 is 23.1 Å². The number of carbonyl (C=O) groups is 1. The van der Waals surface area contributed by atoms with E-state index in [9.17, 15) is 13.2 Å². The molecule has 0 unspecified atom stereocenters. The highest BCUT2D eigenvalue weighted by atomic mass is 32.2. The number of carboxylic acid groups (broad SMARTS) is 1. The first-order valence-corrected chi connectivity index (χ1v) is 8.24. The van der Waals surface area contributed by atoms with Crippen LogP contribution in [-0.4, -0.2) is 35.4 Å². The van der Waals surface area contributed by atoms with Gasteiger partial charge in [-0.3, -0.25) is 9.40 Å². The van der Waals surface area contributed by atoms with Crippen molar-refractivity contribution in [2.75, 3.05) is 4.72 Å². The van der Waals surface area contributed by atoms with Crippen LogP contribution in [0, 0.1) is 0 Å². The van der Waals surface area contributed by atoms with E-state index in [0.29, 0.717) is 5.75 Å². The maximum absolute atomic E-state index is 12.3. The fourth-order valence-corrected chi connectivity index (χ4v) is 2.99. The third kappa shape index (κ3) is 3.81. The Labute approximate surface area is 133 Å². The zero-order valence-electron chi connectivity index (χ0n) is 12.8. The molecule has 1 heterocycles. The summed E-state index contributed by atoms with van der Waals surface area (Å²) in [6, 6.07) is 5.85. The molecule has 0 aliphatic heterocycles. The summed E-state index contributed by atoms with van der Waals surface area (Å²) in [6.45, 7) is 3.73. The van der Waals surface area contributed by atoms with Gasteiger partial charge in [-0.15, -0.1) is 0 Å². The first kappa shape index (κ1) is 16.8. The molecule has 0 saturated carbocycles. The summed E-state index contributed by atoms with van der Waals surface area (Å²) in [4.78, 5) is 11.2. The minimum Gasteiger partial charge on any atom is -0.491 e. The van der Waals surface area contributed by atoms with Gasteiger partial charge in [0.1, 0.15) is 11.4 Å². The molecular weight excluding hydrogens is 322 g/mol. The number of hydrogen-bond acceptors (Lipinski definition) is 5. The largest absolute Gasteiger partial charge is 0.491 e. The van der Waals surface area contributed by atoms with E-state index in [1.807, 2.05) is 13.8 Å². The standard InChI is InChI=1S/C14H17N3O5S/c1-9(2)22-10-4-6-11(7-5-10)23(20,21)16-12-8-15-17(3)13(12)14(18)19/h4-9,16H,1-3H3,(H,18,19). The molecule has 0 fully saturated rings. The molecule has 0 amide bonds. The van der Waals surface area contributed by atoms with Gasteiger partial charge in [-0.2, -0.15) is 5.10 Å². The molecule has 0 spiro atoms. The van der Waals surface area contributed by atoms with Crippen LogP contribution < -0.4 is 9.46 Å². The number of aromatic carboxylic acids is 1. The number of sulfonamides is 1. The second-order valence-electron chi connectivity index (χ2n) is 5.08. The van der Waals surface area contributed by atoms with Crippen LogP contribution in [0.15, 0.2) is 35.4 Å². The second-order valence-corrected chi connectivity index (χ2v) is 6.76. The highest BCUT2D eigenvalue weighted by molar-refractivity contribution is 7.92. The molecule has 2 rings (SSSR count). The van der Waals surface area contributed by atoms with E-state index < -0.39 is 16.0 Å². The maximum atomic E-state index is 12.3. The Morgan fingerprint density at radius 3 is 2.43 bits per heavy atom. The van der Waals surface area contributed by atoms with Gasteiger partial charge in [0, 0.05) is 7.05 Å². The molecule has 9 heteroatoms. The number of rotatable bonds is 6. The van der Waals surface area contributed by atoms with Crippen molar-refractivity contribution in [1.82, 2.24) is 9.78 Å². The SMILES string of the molecule is CC(C)Oc1ccc(S(=O)(=O)Nc2cnn(C)c2C(=O)O)cc1. The van der Waals surface area contributed by atoms with Crippen LogP contribution in [0.25, 0.3) is 0 Å². The molecule has 0 saturated heterocycles. The van der Waals surface area contributed by atoms with Gasteiger partial charge in [0.15, 0.2) is 5.69 Å². The minimum absolute atomic E-state index is 0.00574. The highest BCUT2D eigenvalue weighted by Gasteiger charge is 2.22. The van der Waals surface area contributed by atoms with Crippen LogP contribution in [0.4, 0.5) is 5.69 Å². The van der Waals surface area contributed by atoms with Crippen molar-refractivity contribution in [3.8, 4) is 5.75 Å². The molecule has 2 N–H and O–H groups in total. The number of nitrogens with one attached hydrogen (secondary N) is 1. The number of ether oxygens (including phenoxy) is 1. The normalized spacial score (nSPS) is 11.5. The molecule has 8 nitrogen and oxygen atoms in total. The monoisotopic (exact) mass is 339 g/mol. The Hall–Kier alpha value is -2.55.